The molecule has 0 aliphatic rings. The number of aromatic nitrogens is 1. The van der Waals surface area contributed by atoms with Crippen LogP contribution in [0.15, 0.2) is 53.6 Å². The molecule has 1 aromatic carbocycles. The van der Waals surface area contributed by atoms with Crippen molar-refractivity contribution < 1.29 is 13.2 Å². The zero-order chi connectivity index (χ0) is 14.4. The van der Waals surface area contributed by atoms with E-state index in [1.165, 1.54) is 23.9 Å². The van der Waals surface area contributed by atoms with Gasteiger partial charge in [-0.3, -0.25) is 0 Å². The molecule has 0 amide bonds. The number of hydrogen-bond acceptors (Lipinski definition) is 4. The van der Waals surface area contributed by atoms with E-state index in [2.05, 4.69) is 17.1 Å². The van der Waals surface area contributed by atoms with Crippen LogP contribution in [0.4, 0.5) is 0 Å². The van der Waals surface area contributed by atoms with E-state index in [0.717, 1.165) is 12.8 Å². The molecule has 0 fully saturated rings. The average Bonchev–Trinajstić information content (AvgIpc) is 2.44. The standard InChI is InChI=1S/C14H16N2O3S/c15-20(17,18)13-8-9-14(16-11-13)19-10-4-7-12-5-2-1-3-6-12/h1-3,5-6,8-9,11H,4,7,10H2,(H2,15,17,18). The Labute approximate surface area is 118 Å². The minimum absolute atomic E-state index is 0.0193. The van der Waals surface area contributed by atoms with Crippen molar-refractivity contribution in [2.24, 2.45) is 5.14 Å². The highest BCUT2D eigenvalue weighted by Gasteiger charge is 2.07. The van der Waals surface area contributed by atoms with E-state index in [-0.39, 0.29) is 4.90 Å². The summed E-state index contributed by atoms with van der Waals surface area (Å²) >= 11 is 0. The monoisotopic (exact) mass is 292 g/mol. The van der Waals surface area contributed by atoms with Gasteiger partial charge in [-0.25, -0.2) is 18.5 Å². The van der Waals surface area contributed by atoms with Gasteiger partial charge in [0.15, 0.2) is 0 Å². The van der Waals surface area contributed by atoms with Gasteiger partial charge >= 0.3 is 0 Å². The molecule has 6 heteroatoms. The van der Waals surface area contributed by atoms with Gasteiger partial charge in [0.05, 0.1) is 12.8 Å². The van der Waals surface area contributed by atoms with Crippen LogP contribution < -0.4 is 9.88 Å². The van der Waals surface area contributed by atoms with Crippen LogP contribution >= 0.6 is 0 Å². The van der Waals surface area contributed by atoms with Crippen molar-refractivity contribution in [3.63, 3.8) is 0 Å². The number of benzene rings is 1. The van der Waals surface area contributed by atoms with Gasteiger partial charge < -0.3 is 4.74 Å². The molecule has 2 rings (SSSR count). The molecule has 20 heavy (non-hydrogen) atoms. The molecular formula is C14H16N2O3S. The molecule has 0 aliphatic heterocycles. The Kier molecular flexibility index (Phi) is 4.70. The Morgan fingerprint density at radius 2 is 1.85 bits per heavy atom. The van der Waals surface area contributed by atoms with Crippen molar-refractivity contribution in [2.75, 3.05) is 6.61 Å². The quantitative estimate of drug-likeness (QED) is 0.822. The molecule has 0 atom stereocenters. The summed E-state index contributed by atoms with van der Waals surface area (Å²) in [6.45, 7) is 0.524. The maximum atomic E-state index is 11.1. The van der Waals surface area contributed by atoms with Crippen molar-refractivity contribution in [3.8, 4) is 5.88 Å². The van der Waals surface area contributed by atoms with E-state index in [1.807, 2.05) is 18.2 Å². The largest absolute Gasteiger partial charge is 0.478 e. The van der Waals surface area contributed by atoms with Crippen molar-refractivity contribution in [3.05, 3.63) is 54.2 Å². The number of primary sulfonamides is 1. The van der Waals surface area contributed by atoms with Crippen LogP contribution in [-0.4, -0.2) is 20.0 Å². The Balaban J connectivity index is 1.80. The fraction of sp³-hybridized carbons (Fsp3) is 0.214. The lowest BCUT2D eigenvalue weighted by Crippen LogP contribution is -2.12. The smallest absolute Gasteiger partial charge is 0.239 e. The Bertz CT molecular complexity index is 640. The van der Waals surface area contributed by atoms with Crippen LogP contribution in [-0.2, 0) is 16.4 Å². The second-order valence-electron chi connectivity index (χ2n) is 4.31. The van der Waals surface area contributed by atoms with E-state index in [1.54, 1.807) is 0 Å². The van der Waals surface area contributed by atoms with Crippen LogP contribution in [0, 0.1) is 0 Å². The predicted molar refractivity (Wildman–Crippen MR) is 75.9 cm³/mol. The second-order valence-corrected chi connectivity index (χ2v) is 5.88. The highest BCUT2D eigenvalue weighted by Crippen LogP contribution is 2.11. The molecular weight excluding hydrogens is 276 g/mol. The number of hydrogen-bond donors (Lipinski definition) is 1. The minimum Gasteiger partial charge on any atom is -0.478 e. The molecule has 0 unspecified atom stereocenters. The molecule has 0 saturated carbocycles. The molecule has 1 aromatic heterocycles. The molecule has 0 saturated heterocycles. The lowest BCUT2D eigenvalue weighted by atomic mass is 10.1. The van der Waals surface area contributed by atoms with E-state index < -0.39 is 10.0 Å². The molecule has 5 nitrogen and oxygen atoms in total. The van der Waals surface area contributed by atoms with Crippen molar-refractivity contribution in [1.29, 1.82) is 0 Å². The first-order valence-electron chi connectivity index (χ1n) is 6.21. The molecule has 2 N–H and O–H groups in total. The third-order valence-electron chi connectivity index (χ3n) is 2.74. The third-order valence-corrected chi connectivity index (χ3v) is 3.64. The van der Waals surface area contributed by atoms with E-state index in [9.17, 15) is 8.42 Å². The average molecular weight is 292 g/mol. The summed E-state index contributed by atoms with van der Waals surface area (Å²) in [5, 5.41) is 4.98. The first-order chi connectivity index (χ1) is 9.55. The fourth-order valence-electron chi connectivity index (χ4n) is 1.72. The summed E-state index contributed by atoms with van der Waals surface area (Å²) in [6, 6.07) is 13.0. The normalized spacial score (nSPS) is 11.2. The summed E-state index contributed by atoms with van der Waals surface area (Å²) in [5.41, 5.74) is 1.26. The summed E-state index contributed by atoms with van der Waals surface area (Å²) in [7, 11) is -3.70. The number of nitrogens with zero attached hydrogens (tertiary/aromatic N) is 1. The van der Waals surface area contributed by atoms with Crippen molar-refractivity contribution in [2.45, 2.75) is 17.7 Å². The summed E-state index contributed by atoms with van der Waals surface area (Å²) in [5.74, 6) is 0.394. The van der Waals surface area contributed by atoms with Gasteiger partial charge in [-0.15, -0.1) is 0 Å². The lowest BCUT2D eigenvalue weighted by Gasteiger charge is -2.05. The zero-order valence-electron chi connectivity index (χ0n) is 10.9. The number of nitrogens with two attached hydrogens (primary N) is 1. The summed E-state index contributed by atoms with van der Waals surface area (Å²) < 4.78 is 27.6. The second kappa shape index (κ2) is 6.49. The molecule has 0 radical (unpaired) electrons. The summed E-state index contributed by atoms with van der Waals surface area (Å²) in [6.07, 6.45) is 2.99. The topological polar surface area (TPSA) is 82.3 Å². The SMILES string of the molecule is NS(=O)(=O)c1ccc(OCCCc2ccccc2)nc1. The number of ether oxygens (including phenoxy) is 1. The summed E-state index contributed by atoms with van der Waals surface area (Å²) in [4.78, 5) is 3.89. The van der Waals surface area contributed by atoms with Crippen LogP contribution in [0.3, 0.4) is 0 Å². The highest BCUT2D eigenvalue weighted by atomic mass is 32.2. The Morgan fingerprint density at radius 3 is 2.45 bits per heavy atom. The minimum atomic E-state index is -3.70. The van der Waals surface area contributed by atoms with Gasteiger partial charge in [0.25, 0.3) is 0 Å². The Morgan fingerprint density at radius 1 is 1.10 bits per heavy atom. The zero-order valence-corrected chi connectivity index (χ0v) is 11.7. The van der Waals surface area contributed by atoms with Gasteiger partial charge in [-0.2, -0.15) is 0 Å². The lowest BCUT2D eigenvalue weighted by molar-refractivity contribution is 0.299. The molecule has 0 aliphatic carbocycles. The van der Waals surface area contributed by atoms with Crippen LogP contribution in [0.1, 0.15) is 12.0 Å². The van der Waals surface area contributed by atoms with E-state index >= 15 is 0 Å². The van der Waals surface area contributed by atoms with Gasteiger partial charge in [0, 0.05) is 6.07 Å². The molecule has 0 spiro atoms. The van der Waals surface area contributed by atoms with E-state index in [4.69, 9.17) is 9.88 Å². The van der Waals surface area contributed by atoms with E-state index in [0.29, 0.717) is 12.5 Å². The van der Waals surface area contributed by atoms with Crippen LogP contribution in [0.25, 0.3) is 0 Å². The number of rotatable bonds is 6. The number of aryl methyl sites for hydroxylation is 1. The molecule has 2 aromatic rings. The van der Waals surface area contributed by atoms with Crippen LogP contribution in [0.2, 0.25) is 0 Å². The first kappa shape index (κ1) is 14.5. The number of pyridine rings is 1. The predicted octanol–water partition coefficient (Wildman–Crippen LogP) is 1.74. The van der Waals surface area contributed by atoms with Gasteiger partial charge in [0.2, 0.25) is 15.9 Å². The first-order valence-corrected chi connectivity index (χ1v) is 7.76. The highest BCUT2D eigenvalue weighted by molar-refractivity contribution is 7.89. The number of sulfonamides is 1. The van der Waals surface area contributed by atoms with Gasteiger partial charge in [0.1, 0.15) is 4.90 Å². The fourth-order valence-corrected chi connectivity index (χ4v) is 2.18. The maximum Gasteiger partial charge on any atom is 0.239 e. The molecule has 106 valence electrons. The van der Waals surface area contributed by atoms with Crippen molar-refractivity contribution >= 4 is 10.0 Å². The Hall–Kier alpha value is -1.92. The van der Waals surface area contributed by atoms with Crippen molar-refractivity contribution in [1.82, 2.24) is 4.98 Å². The maximum absolute atomic E-state index is 11.1. The third kappa shape index (κ3) is 4.32. The van der Waals surface area contributed by atoms with Gasteiger partial charge in [-0.1, -0.05) is 30.3 Å². The molecule has 1 heterocycles. The van der Waals surface area contributed by atoms with Gasteiger partial charge in [-0.05, 0) is 24.5 Å². The van der Waals surface area contributed by atoms with Crippen LogP contribution in [0.5, 0.6) is 5.88 Å². The molecule has 0 bridgehead atoms.